The minimum Gasteiger partial charge on any atom is -0.484 e. The third-order valence-electron chi connectivity index (χ3n) is 3.05. The molecule has 0 aliphatic rings. The Labute approximate surface area is 114 Å². The second-order valence-corrected chi connectivity index (χ2v) is 4.90. The van der Waals surface area contributed by atoms with E-state index in [9.17, 15) is 4.79 Å². The Kier molecular flexibility index (Phi) is 6.15. The van der Waals surface area contributed by atoms with Crippen molar-refractivity contribution in [3.63, 3.8) is 0 Å². The summed E-state index contributed by atoms with van der Waals surface area (Å²) in [5.41, 5.74) is 11.7. The first-order valence-corrected chi connectivity index (χ1v) is 6.48. The van der Waals surface area contributed by atoms with E-state index in [0.29, 0.717) is 24.1 Å². The Morgan fingerprint density at radius 3 is 2.42 bits per heavy atom. The van der Waals surface area contributed by atoms with Gasteiger partial charge < -0.3 is 21.5 Å². The minimum absolute atomic E-state index is 0.102. The van der Waals surface area contributed by atoms with Crippen LogP contribution in [-0.4, -0.2) is 25.6 Å². The number of nitrogens with two attached hydrogens (primary N) is 2. The first kappa shape index (κ1) is 15.3. The smallest absolute Gasteiger partial charge is 0.255 e. The number of primary amides is 1. The van der Waals surface area contributed by atoms with Crippen LogP contribution in [0.4, 0.5) is 5.69 Å². The van der Waals surface area contributed by atoms with Crippen LogP contribution in [0.5, 0.6) is 5.75 Å². The molecule has 19 heavy (non-hydrogen) atoms. The Bertz CT molecular complexity index is 390. The molecule has 0 bridgehead atoms. The summed E-state index contributed by atoms with van der Waals surface area (Å²) in [6.07, 6.45) is 0. The van der Waals surface area contributed by atoms with Crippen molar-refractivity contribution in [2.24, 2.45) is 23.3 Å². The summed E-state index contributed by atoms with van der Waals surface area (Å²) in [6, 6.07) is 7.42. The lowest BCUT2D eigenvalue weighted by molar-refractivity contribution is -0.119. The number of nitrogens with one attached hydrogen (secondary N) is 1. The van der Waals surface area contributed by atoms with Gasteiger partial charge in [-0.2, -0.15) is 0 Å². The number of anilines is 1. The maximum absolute atomic E-state index is 10.6. The van der Waals surface area contributed by atoms with Crippen molar-refractivity contribution in [3.05, 3.63) is 24.3 Å². The fourth-order valence-electron chi connectivity index (χ4n) is 1.66. The van der Waals surface area contributed by atoms with Gasteiger partial charge >= 0.3 is 0 Å². The Balaban J connectivity index is 2.45. The summed E-state index contributed by atoms with van der Waals surface area (Å²) in [7, 11) is 0. The first-order chi connectivity index (χ1) is 9.02. The molecule has 1 aromatic rings. The van der Waals surface area contributed by atoms with E-state index in [1.54, 1.807) is 12.1 Å². The van der Waals surface area contributed by atoms with Crippen LogP contribution < -0.4 is 21.5 Å². The molecular formula is C14H23N3O2. The number of ether oxygens (including phenoxy) is 1. The molecule has 5 nitrogen and oxygen atoms in total. The predicted molar refractivity (Wildman–Crippen MR) is 77.0 cm³/mol. The summed E-state index contributed by atoms with van der Waals surface area (Å²) < 4.78 is 5.19. The van der Waals surface area contributed by atoms with Gasteiger partial charge in [-0.05, 0) is 42.6 Å². The summed E-state index contributed by atoms with van der Waals surface area (Å²) in [6.45, 7) is 5.75. The minimum atomic E-state index is -0.482. The van der Waals surface area contributed by atoms with E-state index in [4.69, 9.17) is 16.2 Å². The van der Waals surface area contributed by atoms with Gasteiger partial charge in [0.05, 0.1) is 0 Å². The summed E-state index contributed by atoms with van der Waals surface area (Å²) in [5, 5.41) is 3.34. The van der Waals surface area contributed by atoms with Crippen LogP contribution in [0.3, 0.4) is 0 Å². The van der Waals surface area contributed by atoms with Crippen molar-refractivity contribution in [2.75, 3.05) is 25.0 Å². The van der Waals surface area contributed by atoms with Gasteiger partial charge in [-0.1, -0.05) is 13.8 Å². The van der Waals surface area contributed by atoms with Gasteiger partial charge in [-0.25, -0.2) is 0 Å². The SMILES string of the molecule is CC(C)C(CN)CNc1ccc(OCC(N)=O)cc1. The van der Waals surface area contributed by atoms with Gasteiger partial charge in [0.15, 0.2) is 6.61 Å². The van der Waals surface area contributed by atoms with Crippen LogP contribution in [0.1, 0.15) is 13.8 Å². The predicted octanol–water partition coefficient (Wildman–Crippen LogP) is 1.19. The number of hydrogen-bond donors (Lipinski definition) is 3. The molecule has 1 atom stereocenters. The molecule has 0 fully saturated rings. The fraction of sp³-hybridized carbons (Fsp3) is 0.500. The number of amides is 1. The van der Waals surface area contributed by atoms with E-state index in [0.717, 1.165) is 12.2 Å². The topological polar surface area (TPSA) is 90.4 Å². The lowest BCUT2D eigenvalue weighted by Gasteiger charge is -2.20. The molecule has 0 spiro atoms. The molecule has 1 amide bonds. The molecule has 0 saturated heterocycles. The maximum atomic E-state index is 10.6. The van der Waals surface area contributed by atoms with Crippen molar-refractivity contribution >= 4 is 11.6 Å². The normalized spacial score (nSPS) is 12.2. The molecule has 0 radical (unpaired) electrons. The Hall–Kier alpha value is -1.75. The number of carbonyl (C=O) groups excluding carboxylic acids is 1. The second kappa shape index (κ2) is 7.63. The van der Waals surface area contributed by atoms with E-state index >= 15 is 0 Å². The van der Waals surface area contributed by atoms with Gasteiger partial charge in [0.25, 0.3) is 5.91 Å². The molecule has 1 unspecified atom stereocenters. The monoisotopic (exact) mass is 265 g/mol. The Morgan fingerprint density at radius 2 is 1.95 bits per heavy atom. The zero-order chi connectivity index (χ0) is 14.3. The third kappa shape index (κ3) is 5.61. The number of rotatable bonds is 8. The lowest BCUT2D eigenvalue weighted by Crippen LogP contribution is -2.27. The van der Waals surface area contributed by atoms with Crippen molar-refractivity contribution in [2.45, 2.75) is 13.8 Å². The second-order valence-electron chi connectivity index (χ2n) is 4.90. The lowest BCUT2D eigenvalue weighted by atomic mass is 9.96. The van der Waals surface area contributed by atoms with E-state index in [2.05, 4.69) is 19.2 Å². The average molecular weight is 265 g/mol. The van der Waals surface area contributed by atoms with Crippen molar-refractivity contribution in [3.8, 4) is 5.75 Å². The highest BCUT2D eigenvalue weighted by atomic mass is 16.5. The van der Waals surface area contributed by atoms with Crippen LogP contribution >= 0.6 is 0 Å². The summed E-state index contributed by atoms with van der Waals surface area (Å²) in [4.78, 5) is 10.6. The van der Waals surface area contributed by atoms with Crippen molar-refractivity contribution in [1.82, 2.24) is 0 Å². The van der Waals surface area contributed by atoms with Crippen LogP contribution in [0, 0.1) is 11.8 Å². The molecule has 0 aliphatic heterocycles. The molecule has 1 aromatic carbocycles. The van der Waals surface area contributed by atoms with Gasteiger partial charge in [0.1, 0.15) is 5.75 Å². The highest BCUT2D eigenvalue weighted by molar-refractivity contribution is 5.75. The molecule has 5 heteroatoms. The standard InChI is InChI=1S/C14H23N3O2/c1-10(2)11(7-15)8-17-12-3-5-13(6-4-12)19-9-14(16)18/h3-6,10-11,17H,7-9,15H2,1-2H3,(H2,16,18). The zero-order valence-electron chi connectivity index (χ0n) is 11.6. The van der Waals surface area contributed by atoms with E-state index in [1.807, 2.05) is 12.1 Å². The molecule has 0 aromatic heterocycles. The Morgan fingerprint density at radius 1 is 1.32 bits per heavy atom. The van der Waals surface area contributed by atoms with Gasteiger partial charge in [0, 0.05) is 12.2 Å². The summed E-state index contributed by atoms with van der Waals surface area (Å²) >= 11 is 0. The number of benzene rings is 1. The van der Waals surface area contributed by atoms with Crippen LogP contribution in [0.15, 0.2) is 24.3 Å². The van der Waals surface area contributed by atoms with E-state index in [-0.39, 0.29) is 6.61 Å². The molecule has 0 saturated carbocycles. The van der Waals surface area contributed by atoms with Gasteiger partial charge in [-0.3, -0.25) is 4.79 Å². The highest BCUT2D eigenvalue weighted by Crippen LogP contribution is 2.17. The molecular weight excluding hydrogens is 242 g/mol. The first-order valence-electron chi connectivity index (χ1n) is 6.48. The third-order valence-corrected chi connectivity index (χ3v) is 3.05. The van der Waals surface area contributed by atoms with Crippen molar-refractivity contribution < 1.29 is 9.53 Å². The maximum Gasteiger partial charge on any atom is 0.255 e. The largest absolute Gasteiger partial charge is 0.484 e. The van der Waals surface area contributed by atoms with Crippen LogP contribution in [0.25, 0.3) is 0 Å². The molecule has 1 rings (SSSR count). The number of hydrogen-bond acceptors (Lipinski definition) is 4. The quantitative estimate of drug-likeness (QED) is 0.658. The molecule has 5 N–H and O–H groups in total. The number of carbonyl (C=O) groups is 1. The van der Waals surface area contributed by atoms with Crippen LogP contribution in [0.2, 0.25) is 0 Å². The van der Waals surface area contributed by atoms with E-state index < -0.39 is 5.91 Å². The van der Waals surface area contributed by atoms with Gasteiger partial charge in [-0.15, -0.1) is 0 Å². The summed E-state index contributed by atoms with van der Waals surface area (Å²) in [5.74, 6) is 1.15. The average Bonchev–Trinajstić information content (AvgIpc) is 2.38. The van der Waals surface area contributed by atoms with Gasteiger partial charge in [0.2, 0.25) is 0 Å². The fourth-order valence-corrected chi connectivity index (χ4v) is 1.66. The zero-order valence-corrected chi connectivity index (χ0v) is 11.6. The molecule has 106 valence electrons. The van der Waals surface area contributed by atoms with Crippen molar-refractivity contribution in [1.29, 1.82) is 0 Å². The molecule has 0 heterocycles. The molecule has 0 aliphatic carbocycles. The highest BCUT2D eigenvalue weighted by Gasteiger charge is 2.10. The van der Waals surface area contributed by atoms with Crippen LogP contribution in [-0.2, 0) is 4.79 Å². The van der Waals surface area contributed by atoms with E-state index in [1.165, 1.54) is 0 Å².